The molecule has 0 heterocycles. The molecular formula is C14H10Cl2F2IN. The smallest absolute Gasteiger partial charge is 0.142 e. The molecule has 0 amide bonds. The Morgan fingerprint density at radius 3 is 2.50 bits per heavy atom. The van der Waals surface area contributed by atoms with E-state index in [9.17, 15) is 8.78 Å². The van der Waals surface area contributed by atoms with Crippen molar-refractivity contribution >= 4 is 51.5 Å². The topological polar surface area (TPSA) is 12.0 Å². The lowest BCUT2D eigenvalue weighted by Crippen LogP contribution is -2.09. The van der Waals surface area contributed by atoms with Crippen LogP contribution in [-0.4, -0.2) is 0 Å². The summed E-state index contributed by atoms with van der Waals surface area (Å²) < 4.78 is 27.3. The average molecular weight is 428 g/mol. The molecule has 0 bridgehead atoms. The number of halogens is 5. The van der Waals surface area contributed by atoms with Crippen LogP contribution in [0.4, 0.5) is 14.5 Å². The first-order valence-electron chi connectivity index (χ1n) is 5.75. The van der Waals surface area contributed by atoms with Gasteiger partial charge in [0.25, 0.3) is 0 Å². The molecule has 2 rings (SSSR count). The van der Waals surface area contributed by atoms with Crippen molar-refractivity contribution in [2.24, 2.45) is 0 Å². The van der Waals surface area contributed by atoms with Crippen molar-refractivity contribution in [2.45, 2.75) is 13.0 Å². The SMILES string of the molecule is CC(Nc1ccc(F)cc1I)c1c(Cl)ccc(F)c1Cl. The Hall–Kier alpha value is -0.590. The molecule has 1 unspecified atom stereocenters. The first-order chi connectivity index (χ1) is 9.40. The summed E-state index contributed by atoms with van der Waals surface area (Å²) in [6.45, 7) is 1.81. The highest BCUT2D eigenvalue weighted by Crippen LogP contribution is 2.34. The molecule has 20 heavy (non-hydrogen) atoms. The molecule has 0 saturated carbocycles. The van der Waals surface area contributed by atoms with E-state index in [0.29, 0.717) is 10.6 Å². The van der Waals surface area contributed by atoms with Crippen molar-refractivity contribution in [2.75, 3.05) is 5.32 Å². The van der Waals surface area contributed by atoms with Crippen LogP contribution in [0.5, 0.6) is 0 Å². The lowest BCUT2D eigenvalue weighted by molar-refractivity contribution is 0.624. The van der Waals surface area contributed by atoms with Crippen LogP contribution in [0.3, 0.4) is 0 Å². The summed E-state index contributed by atoms with van der Waals surface area (Å²) >= 11 is 14.1. The first kappa shape index (κ1) is 15.8. The molecule has 1 atom stereocenters. The van der Waals surface area contributed by atoms with E-state index in [1.165, 1.54) is 24.3 Å². The van der Waals surface area contributed by atoms with Crippen LogP contribution in [0.15, 0.2) is 30.3 Å². The van der Waals surface area contributed by atoms with Crippen molar-refractivity contribution in [1.29, 1.82) is 0 Å². The van der Waals surface area contributed by atoms with Gasteiger partial charge < -0.3 is 5.32 Å². The van der Waals surface area contributed by atoms with Gasteiger partial charge in [-0.1, -0.05) is 23.2 Å². The second-order valence-electron chi connectivity index (χ2n) is 4.25. The largest absolute Gasteiger partial charge is 0.378 e. The monoisotopic (exact) mass is 427 g/mol. The van der Waals surface area contributed by atoms with Crippen LogP contribution in [-0.2, 0) is 0 Å². The van der Waals surface area contributed by atoms with E-state index in [2.05, 4.69) is 5.32 Å². The van der Waals surface area contributed by atoms with Crippen LogP contribution >= 0.6 is 45.8 Å². The van der Waals surface area contributed by atoms with E-state index >= 15 is 0 Å². The maximum absolute atomic E-state index is 13.5. The highest BCUT2D eigenvalue weighted by molar-refractivity contribution is 14.1. The number of anilines is 1. The van der Waals surface area contributed by atoms with Gasteiger partial charge in [-0.2, -0.15) is 0 Å². The molecule has 0 spiro atoms. The van der Waals surface area contributed by atoms with Gasteiger partial charge in [0.1, 0.15) is 11.6 Å². The molecule has 0 aliphatic heterocycles. The number of nitrogens with one attached hydrogen (secondary N) is 1. The van der Waals surface area contributed by atoms with Gasteiger partial charge >= 0.3 is 0 Å². The Bertz CT molecular complexity index is 649. The Morgan fingerprint density at radius 1 is 1.15 bits per heavy atom. The van der Waals surface area contributed by atoms with E-state index in [0.717, 1.165) is 9.26 Å². The van der Waals surface area contributed by atoms with Crippen LogP contribution in [0.2, 0.25) is 10.0 Å². The highest BCUT2D eigenvalue weighted by atomic mass is 127. The average Bonchev–Trinajstić information content (AvgIpc) is 2.38. The Labute approximate surface area is 139 Å². The van der Waals surface area contributed by atoms with Crippen molar-refractivity contribution in [1.82, 2.24) is 0 Å². The molecule has 0 saturated heterocycles. The summed E-state index contributed by atoms with van der Waals surface area (Å²) in [6, 6.07) is 6.75. The lowest BCUT2D eigenvalue weighted by Gasteiger charge is -2.19. The molecule has 2 aromatic rings. The highest BCUT2D eigenvalue weighted by Gasteiger charge is 2.17. The second kappa shape index (κ2) is 6.45. The van der Waals surface area contributed by atoms with Crippen LogP contribution in [0, 0.1) is 15.2 Å². The molecule has 0 fully saturated rings. The van der Waals surface area contributed by atoms with Gasteiger partial charge in [-0.25, -0.2) is 8.78 Å². The maximum Gasteiger partial charge on any atom is 0.142 e. The minimum absolute atomic E-state index is 0.00498. The fourth-order valence-electron chi connectivity index (χ4n) is 1.85. The molecule has 1 N–H and O–H groups in total. The lowest BCUT2D eigenvalue weighted by atomic mass is 10.1. The first-order valence-corrected chi connectivity index (χ1v) is 7.58. The molecule has 0 aromatic heterocycles. The predicted octanol–water partition coefficient (Wildman–Crippen LogP) is 6.05. The van der Waals surface area contributed by atoms with Crippen molar-refractivity contribution in [3.63, 3.8) is 0 Å². The van der Waals surface area contributed by atoms with Gasteiger partial charge in [-0.05, 0) is 59.8 Å². The second-order valence-corrected chi connectivity index (χ2v) is 6.19. The van der Waals surface area contributed by atoms with Gasteiger partial charge in [0.05, 0.1) is 11.1 Å². The van der Waals surface area contributed by atoms with Crippen molar-refractivity contribution < 1.29 is 8.78 Å². The quantitative estimate of drug-likeness (QED) is 0.464. The van der Waals surface area contributed by atoms with Crippen molar-refractivity contribution in [3.05, 3.63) is 61.1 Å². The van der Waals surface area contributed by atoms with Crippen LogP contribution in [0.1, 0.15) is 18.5 Å². The van der Waals surface area contributed by atoms with Gasteiger partial charge in [-0.3, -0.25) is 0 Å². The number of hydrogen-bond acceptors (Lipinski definition) is 1. The zero-order valence-corrected chi connectivity index (χ0v) is 14.0. The molecular weight excluding hydrogens is 418 g/mol. The maximum atomic E-state index is 13.5. The van der Waals surface area contributed by atoms with E-state index in [1.807, 2.05) is 29.5 Å². The molecule has 0 radical (unpaired) electrons. The molecule has 0 aliphatic carbocycles. The normalized spacial score (nSPS) is 12.3. The standard InChI is InChI=1S/C14H10Cl2F2IN/c1-7(13-9(15)3-4-10(18)14(13)16)20-12-5-2-8(17)6-11(12)19/h2-7,20H,1H3. The summed E-state index contributed by atoms with van der Waals surface area (Å²) in [5.74, 6) is -0.831. The number of rotatable bonds is 3. The summed E-state index contributed by atoms with van der Waals surface area (Å²) in [4.78, 5) is 0. The minimum atomic E-state index is -0.520. The fourth-order valence-corrected chi connectivity index (χ4v) is 3.18. The third-order valence-corrected chi connectivity index (χ3v) is 4.42. The number of benzene rings is 2. The summed E-state index contributed by atoms with van der Waals surface area (Å²) in [7, 11) is 0. The summed E-state index contributed by atoms with van der Waals surface area (Å²) in [5.41, 5.74) is 1.21. The van der Waals surface area contributed by atoms with E-state index < -0.39 is 5.82 Å². The van der Waals surface area contributed by atoms with E-state index in [1.54, 1.807) is 6.07 Å². The van der Waals surface area contributed by atoms with Crippen molar-refractivity contribution in [3.8, 4) is 0 Å². The van der Waals surface area contributed by atoms with Gasteiger partial charge in [-0.15, -0.1) is 0 Å². The Kier molecular flexibility index (Phi) is 5.09. The molecule has 1 nitrogen and oxygen atoms in total. The molecule has 0 aliphatic rings. The zero-order chi connectivity index (χ0) is 14.9. The fraction of sp³-hybridized carbons (Fsp3) is 0.143. The van der Waals surface area contributed by atoms with Gasteiger partial charge in [0.15, 0.2) is 0 Å². The summed E-state index contributed by atoms with van der Waals surface area (Å²) in [5, 5.41) is 3.53. The van der Waals surface area contributed by atoms with E-state index in [-0.39, 0.29) is 16.9 Å². The molecule has 2 aromatic carbocycles. The summed E-state index contributed by atoms with van der Waals surface area (Å²) in [6.07, 6.45) is 0. The Balaban J connectivity index is 2.33. The number of hydrogen-bond donors (Lipinski definition) is 1. The van der Waals surface area contributed by atoms with Gasteiger partial charge in [0.2, 0.25) is 0 Å². The van der Waals surface area contributed by atoms with Crippen LogP contribution < -0.4 is 5.32 Å². The third kappa shape index (κ3) is 3.35. The van der Waals surface area contributed by atoms with Gasteiger partial charge in [0, 0.05) is 19.8 Å². The third-order valence-electron chi connectivity index (χ3n) is 2.82. The Morgan fingerprint density at radius 2 is 1.85 bits per heavy atom. The minimum Gasteiger partial charge on any atom is -0.378 e. The predicted molar refractivity (Wildman–Crippen MR) is 87.6 cm³/mol. The van der Waals surface area contributed by atoms with Crippen LogP contribution in [0.25, 0.3) is 0 Å². The zero-order valence-electron chi connectivity index (χ0n) is 10.4. The molecule has 106 valence electrons. The van der Waals surface area contributed by atoms with E-state index in [4.69, 9.17) is 23.2 Å². The molecule has 6 heteroatoms.